The van der Waals surface area contributed by atoms with Crippen LogP contribution in [0.3, 0.4) is 0 Å². The highest BCUT2D eigenvalue weighted by Gasteiger charge is 2.20. The number of benzene rings is 4. The van der Waals surface area contributed by atoms with Gasteiger partial charge in [-0.1, -0.05) is 36.4 Å². The highest BCUT2D eigenvalue weighted by molar-refractivity contribution is 7.93. The molecule has 0 aliphatic rings. The van der Waals surface area contributed by atoms with Gasteiger partial charge in [-0.2, -0.15) is 0 Å². The lowest BCUT2D eigenvalue weighted by molar-refractivity contribution is -0.115. The van der Waals surface area contributed by atoms with Crippen LogP contribution in [0.15, 0.2) is 107 Å². The van der Waals surface area contributed by atoms with Gasteiger partial charge in [0.2, 0.25) is 11.8 Å². The molecule has 4 rings (SSSR count). The number of sulfonamides is 2. The van der Waals surface area contributed by atoms with Crippen LogP contribution in [-0.2, 0) is 29.6 Å². The number of hydrogen-bond donors (Lipinski definition) is 4. The first-order chi connectivity index (χ1) is 18.9. The minimum Gasteiger partial charge on any atom is -0.326 e. The van der Waals surface area contributed by atoms with Crippen molar-refractivity contribution in [1.82, 2.24) is 0 Å². The summed E-state index contributed by atoms with van der Waals surface area (Å²) in [6.07, 6.45) is 0. The van der Waals surface area contributed by atoms with Crippen LogP contribution in [0.1, 0.15) is 13.8 Å². The molecule has 0 heterocycles. The Kier molecular flexibility index (Phi) is 8.21. The van der Waals surface area contributed by atoms with Crippen LogP contribution >= 0.6 is 0 Å². The zero-order valence-electron chi connectivity index (χ0n) is 21.5. The van der Waals surface area contributed by atoms with Gasteiger partial charge in [-0.3, -0.25) is 19.0 Å². The molecule has 0 unspecified atom stereocenters. The molecule has 0 bridgehead atoms. The van der Waals surface area contributed by atoms with Gasteiger partial charge in [-0.15, -0.1) is 0 Å². The van der Waals surface area contributed by atoms with E-state index in [1.165, 1.54) is 62.4 Å². The van der Waals surface area contributed by atoms with Crippen molar-refractivity contribution in [1.29, 1.82) is 0 Å². The second kappa shape index (κ2) is 11.6. The number of amides is 2. The van der Waals surface area contributed by atoms with Crippen LogP contribution < -0.4 is 20.1 Å². The average Bonchev–Trinajstić information content (AvgIpc) is 2.89. The summed E-state index contributed by atoms with van der Waals surface area (Å²) in [4.78, 5) is 22.5. The van der Waals surface area contributed by atoms with Crippen LogP contribution in [-0.4, -0.2) is 28.6 Å². The molecule has 4 aromatic rings. The second-order valence-electron chi connectivity index (χ2n) is 8.71. The van der Waals surface area contributed by atoms with E-state index < -0.39 is 20.0 Å². The van der Waals surface area contributed by atoms with Crippen molar-refractivity contribution in [3.8, 4) is 11.1 Å². The maximum Gasteiger partial charge on any atom is 0.261 e. The standard InChI is InChI=1S/C28H26N4O6S2/c1-19(33)29-21-11-15-23(16-12-21)39(35,36)31-27-9-5-3-7-25(27)26-8-4-6-10-28(26)32-40(37,38)24-17-13-22(14-18-24)30-20(2)34/h3-18,31-32H,1-2H3,(H,29,33)(H,30,34). The van der Waals surface area contributed by atoms with Gasteiger partial charge in [0.05, 0.1) is 21.2 Å². The molecular formula is C28H26N4O6S2. The maximum absolute atomic E-state index is 13.2. The molecular weight excluding hydrogens is 552 g/mol. The Morgan fingerprint density at radius 3 is 1.15 bits per heavy atom. The lowest BCUT2D eigenvalue weighted by Crippen LogP contribution is -2.15. The molecule has 0 aliphatic heterocycles. The molecule has 0 saturated carbocycles. The van der Waals surface area contributed by atoms with Crippen LogP contribution in [0, 0.1) is 0 Å². The molecule has 12 heteroatoms. The number of rotatable bonds is 9. The molecule has 206 valence electrons. The van der Waals surface area contributed by atoms with Crippen molar-refractivity contribution in [3.63, 3.8) is 0 Å². The Balaban J connectivity index is 1.64. The number of nitrogens with one attached hydrogen (secondary N) is 4. The summed E-state index contributed by atoms with van der Waals surface area (Å²) in [6, 6.07) is 24.6. The molecule has 0 aliphatic carbocycles. The molecule has 0 fully saturated rings. The molecule has 4 N–H and O–H groups in total. The minimum absolute atomic E-state index is 0.0203. The molecule has 2 amide bonds. The minimum atomic E-state index is -4.02. The van der Waals surface area contributed by atoms with Crippen LogP contribution in [0.2, 0.25) is 0 Å². The van der Waals surface area contributed by atoms with Crippen LogP contribution in [0.5, 0.6) is 0 Å². The van der Waals surface area contributed by atoms with Crippen molar-refractivity contribution in [3.05, 3.63) is 97.1 Å². The van der Waals surface area contributed by atoms with E-state index in [2.05, 4.69) is 20.1 Å². The average molecular weight is 579 g/mol. The molecule has 40 heavy (non-hydrogen) atoms. The van der Waals surface area contributed by atoms with Gasteiger partial charge in [-0.05, 0) is 60.7 Å². The summed E-state index contributed by atoms with van der Waals surface area (Å²) in [5.41, 5.74) is 2.27. The first kappa shape index (κ1) is 28.3. The Morgan fingerprint density at radius 2 is 0.825 bits per heavy atom. The zero-order chi connectivity index (χ0) is 28.9. The van der Waals surface area contributed by atoms with Crippen molar-refractivity contribution < 1.29 is 26.4 Å². The highest BCUT2D eigenvalue weighted by atomic mass is 32.2. The van der Waals surface area contributed by atoms with E-state index in [0.717, 1.165) is 0 Å². The topological polar surface area (TPSA) is 151 Å². The van der Waals surface area contributed by atoms with Gasteiger partial charge in [0.15, 0.2) is 0 Å². The molecule has 4 aromatic carbocycles. The molecule has 10 nitrogen and oxygen atoms in total. The SMILES string of the molecule is CC(=O)Nc1ccc(S(=O)(=O)Nc2ccccc2-c2ccccc2NS(=O)(=O)c2ccc(NC(C)=O)cc2)cc1. The van der Waals surface area contributed by atoms with Crippen molar-refractivity contribution >= 4 is 54.6 Å². The fourth-order valence-electron chi connectivity index (χ4n) is 3.86. The third-order valence-electron chi connectivity index (χ3n) is 5.60. The van der Waals surface area contributed by atoms with Gasteiger partial charge >= 0.3 is 0 Å². The van der Waals surface area contributed by atoms with E-state index in [1.54, 1.807) is 48.5 Å². The normalized spacial score (nSPS) is 11.3. The molecule has 0 saturated heterocycles. The summed E-state index contributed by atoms with van der Waals surface area (Å²) in [6.45, 7) is 2.70. The van der Waals surface area contributed by atoms with E-state index in [-0.39, 0.29) is 33.0 Å². The Bertz CT molecular complexity index is 1640. The molecule has 0 radical (unpaired) electrons. The fraction of sp³-hybridized carbons (Fsp3) is 0.0714. The van der Waals surface area contributed by atoms with Gasteiger partial charge in [0.1, 0.15) is 0 Å². The Hall–Kier alpha value is -4.68. The van der Waals surface area contributed by atoms with Crippen molar-refractivity contribution in [2.24, 2.45) is 0 Å². The Labute approximate surface area is 232 Å². The quantitative estimate of drug-likeness (QED) is 0.222. The number of hydrogen-bond acceptors (Lipinski definition) is 6. The summed E-state index contributed by atoms with van der Waals surface area (Å²) in [5.74, 6) is -0.557. The fourth-order valence-corrected chi connectivity index (χ4v) is 6.02. The van der Waals surface area contributed by atoms with Crippen molar-refractivity contribution in [2.45, 2.75) is 23.6 Å². The van der Waals surface area contributed by atoms with Crippen LogP contribution in [0.25, 0.3) is 11.1 Å². The molecule has 0 aromatic heterocycles. The van der Waals surface area contributed by atoms with Gasteiger partial charge in [0.25, 0.3) is 20.0 Å². The predicted molar refractivity (Wildman–Crippen MR) is 155 cm³/mol. The lowest BCUT2D eigenvalue weighted by atomic mass is 10.0. The Morgan fingerprint density at radius 1 is 0.500 bits per heavy atom. The highest BCUT2D eigenvalue weighted by Crippen LogP contribution is 2.35. The molecule has 0 spiro atoms. The third-order valence-corrected chi connectivity index (χ3v) is 8.37. The summed E-state index contributed by atoms with van der Waals surface area (Å²) >= 11 is 0. The second-order valence-corrected chi connectivity index (χ2v) is 12.1. The largest absolute Gasteiger partial charge is 0.326 e. The van der Waals surface area contributed by atoms with Gasteiger partial charge < -0.3 is 10.6 Å². The summed E-state index contributed by atoms with van der Waals surface area (Å²) in [7, 11) is -8.05. The van der Waals surface area contributed by atoms with Gasteiger partial charge in [0, 0.05) is 36.3 Å². The lowest BCUT2D eigenvalue weighted by Gasteiger charge is -2.17. The van der Waals surface area contributed by atoms with Gasteiger partial charge in [-0.25, -0.2) is 16.8 Å². The van der Waals surface area contributed by atoms with Crippen LogP contribution in [0.4, 0.5) is 22.7 Å². The van der Waals surface area contributed by atoms with Crippen molar-refractivity contribution in [2.75, 3.05) is 20.1 Å². The predicted octanol–water partition coefficient (Wildman–Crippen LogP) is 4.87. The van der Waals surface area contributed by atoms with E-state index in [4.69, 9.17) is 0 Å². The van der Waals surface area contributed by atoms with E-state index in [9.17, 15) is 26.4 Å². The van der Waals surface area contributed by atoms with E-state index in [1.807, 2.05) is 0 Å². The first-order valence-electron chi connectivity index (χ1n) is 11.9. The number of carbonyl (C=O) groups is 2. The van der Waals surface area contributed by atoms with E-state index in [0.29, 0.717) is 22.5 Å². The number of anilines is 4. The molecule has 0 atom stereocenters. The number of para-hydroxylation sites is 2. The van der Waals surface area contributed by atoms with E-state index >= 15 is 0 Å². The first-order valence-corrected chi connectivity index (χ1v) is 14.9. The summed E-state index contributed by atoms with van der Waals surface area (Å²) < 4.78 is 57.9. The zero-order valence-corrected chi connectivity index (χ0v) is 23.1. The number of carbonyl (C=O) groups excluding carboxylic acids is 2. The summed E-state index contributed by atoms with van der Waals surface area (Å²) in [5, 5.41) is 5.17. The smallest absolute Gasteiger partial charge is 0.261 e. The third kappa shape index (κ3) is 6.84. The monoisotopic (exact) mass is 578 g/mol. The maximum atomic E-state index is 13.2.